The van der Waals surface area contributed by atoms with Crippen molar-refractivity contribution in [2.45, 2.75) is 12.7 Å². The molecular weight excluding hydrogens is 392 g/mol. The van der Waals surface area contributed by atoms with E-state index in [-0.39, 0.29) is 5.56 Å². The number of carbonyl (C=O) groups is 1. The molecular formula is C18H9F6NO3. The number of hydrogen-bond donors (Lipinski definition) is 1. The molecule has 3 aromatic rings. The molecule has 4 nitrogen and oxygen atoms in total. The van der Waals surface area contributed by atoms with Crippen LogP contribution in [0.3, 0.4) is 0 Å². The highest BCUT2D eigenvalue weighted by molar-refractivity contribution is 5.92. The van der Waals surface area contributed by atoms with Crippen LogP contribution in [0.25, 0.3) is 10.9 Å². The SMILES string of the molecule is O=C(O)c1cn(Cc2ccc(C(F)(F)F)cc2)c2c(F)c(F)c(F)cc2c1=O. The predicted molar refractivity (Wildman–Crippen MR) is 85.6 cm³/mol. The standard InChI is InChI=1S/C18H9F6NO3/c19-12-5-10-15(14(21)13(12)20)25(7-11(16(10)26)17(27)28)6-8-1-3-9(4-2-8)18(22,23)24/h1-5,7H,6H2,(H,27,28). The number of aromatic carboxylic acids is 1. The van der Waals surface area contributed by atoms with Gasteiger partial charge in [0.15, 0.2) is 17.5 Å². The minimum atomic E-state index is -4.58. The maximum Gasteiger partial charge on any atom is 0.416 e. The Bertz CT molecular complexity index is 1150. The van der Waals surface area contributed by atoms with Crippen molar-refractivity contribution in [2.75, 3.05) is 0 Å². The number of alkyl halides is 3. The summed E-state index contributed by atoms with van der Waals surface area (Å²) in [5.41, 5.74) is -3.51. The van der Waals surface area contributed by atoms with E-state index in [9.17, 15) is 35.9 Å². The van der Waals surface area contributed by atoms with E-state index < -0.39 is 63.6 Å². The second-order valence-corrected chi connectivity index (χ2v) is 5.88. The molecule has 1 heterocycles. The van der Waals surface area contributed by atoms with Gasteiger partial charge in [0.25, 0.3) is 0 Å². The number of carboxylic acids is 1. The maximum atomic E-state index is 14.3. The molecule has 0 aliphatic heterocycles. The first-order valence-electron chi connectivity index (χ1n) is 7.60. The average molecular weight is 401 g/mol. The van der Waals surface area contributed by atoms with Gasteiger partial charge in [0.1, 0.15) is 5.56 Å². The van der Waals surface area contributed by atoms with Gasteiger partial charge in [-0.1, -0.05) is 12.1 Å². The topological polar surface area (TPSA) is 59.3 Å². The van der Waals surface area contributed by atoms with E-state index in [0.29, 0.717) is 6.07 Å². The zero-order chi connectivity index (χ0) is 20.8. The quantitative estimate of drug-likeness (QED) is 0.529. The van der Waals surface area contributed by atoms with Crippen LogP contribution in [0, 0.1) is 17.5 Å². The summed E-state index contributed by atoms with van der Waals surface area (Å²) in [4.78, 5) is 23.4. The van der Waals surface area contributed by atoms with Crippen molar-refractivity contribution in [2.24, 2.45) is 0 Å². The number of aromatic nitrogens is 1. The normalized spacial score (nSPS) is 11.8. The van der Waals surface area contributed by atoms with Gasteiger partial charge in [0.05, 0.1) is 16.5 Å². The van der Waals surface area contributed by atoms with Gasteiger partial charge in [-0.2, -0.15) is 13.2 Å². The lowest BCUT2D eigenvalue weighted by atomic mass is 10.1. The third-order valence-corrected chi connectivity index (χ3v) is 4.06. The highest BCUT2D eigenvalue weighted by Gasteiger charge is 2.30. The van der Waals surface area contributed by atoms with Crippen LogP contribution in [0.1, 0.15) is 21.5 Å². The molecule has 0 aliphatic rings. The zero-order valence-electron chi connectivity index (χ0n) is 13.6. The van der Waals surface area contributed by atoms with E-state index in [4.69, 9.17) is 5.11 Å². The van der Waals surface area contributed by atoms with Crippen LogP contribution in [-0.2, 0) is 12.7 Å². The number of benzene rings is 2. The molecule has 0 saturated carbocycles. The van der Waals surface area contributed by atoms with Gasteiger partial charge >= 0.3 is 12.1 Å². The fourth-order valence-electron chi connectivity index (χ4n) is 2.74. The Morgan fingerprint density at radius 1 is 1.04 bits per heavy atom. The lowest BCUT2D eigenvalue weighted by Crippen LogP contribution is -2.21. The molecule has 1 aromatic heterocycles. The first-order chi connectivity index (χ1) is 13.0. The molecule has 0 fully saturated rings. The highest BCUT2D eigenvalue weighted by atomic mass is 19.4. The van der Waals surface area contributed by atoms with Gasteiger partial charge < -0.3 is 9.67 Å². The number of fused-ring (bicyclic) bond motifs is 1. The maximum absolute atomic E-state index is 14.3. The van der Waals surface area contributed by atoms with Crippen LogP contribution < -0.4 is 5.43 Å². The van der Waals surface area contributed by atoms with Gasteiger partial charge in [-0.25, -0.2) is 18.0 Å². The molecule has 0 unspecified atom stereocenters. The summed E-state index contributed by atoms with van der Waals surface area (Å²) >= 11 is 0. The first-order valence-corrected chi connectivity index (χ1v) is 7.60. The molecule has 0 radical (unpaired) electrons. The van der Waals surface area contributed by atoms with E-state index in [2.05, 4.69) is 0 Å². The summed E-state index contributed by atoms with van der Waals surface area (Å²) in [6.07, 6.45) is -3.85. The molecule has 0 saturated heterocycles. The van der Waals surface area contributed by atoms with Crippen LogP contribution in [0.15, 0.2) is 41.3 Å². The number of nitrogens with zero attached hydrogens (tertiary/aromatic N) is 1. The van der Waals surface area contributed by atoms with E-state index >= 15 is 0 Å². The largest absolute Gasteiger partial charge is 0.477 e. The second kappa shape index (κ2) is 6.70. The Hall–Kier alpha value is -3.30. The molecule has 0 atom stereocenters. The van der Waals surface area contributed by atoms with Gasteiger partial charge in [0.2, 0.25) is 5.43 Å². The predicted octanol–water partition coefficient (Wildman–Crippen LogP) is 4.18. The number of pyridine rings is 1. The molecule has 0 amide bonds. The molecule has 146 valence electrons. The third kappa shape index (κ3) is 3.32. The fraction of sp³-hybridized carbons (Fsp3) is 0.111. The lowest BCUT2D eigenvalue weighted by Gasteiger charge is -2.14. The summed E-state index contributed by atoms with van der Waals surface area (Å²) in [5, 5.41) is 8.43. The van der Waals surface area contributed by atoms with Gasteiger partial charge in [0, 0.05) is 12.7 Å². The Balaban J connectivity index is 2.22. The van der Waals surface area contributed by atoms with Crippen LogP contribution in [0.5, 0.6) is 0 Å². The van der Waals surface area contributed by atoms with Gasteiger partial charge in [-0.15, -0.1) is 0 Å². The Kier molecular flexibility index (Phi) is 4.66. The van der Waals surface area contributed by atoms with Gasteiger partial charge in [-0.3, -0.25) is 4.79 Å². The fourth-order valence-corrected chi connectivity index (χ4v) is 2.74. The molecule has 28 heavy (non-hydrogen) atoms. The summed E-state index contributed by atoms with van der Waals surface area (Å²) in [6.45, 7) is -0.392. The van der Waals surface area contributed by atoms with Crippen molar-refractivity contribution in [1.82, 2.24) is 4.57 Å². The minimum absolute atomic E-state index is 0.179. The Labute approximate surface area is 152 Å². The number of carboxylic acid groups (broad SMARTS) is 1. The monoisotopic (exact) mass is 401 g/mol. The Morgan fingerprint density at radius 3 is 2.18 bits per heavy atom. The molecule has 0 bridgehead atoms. The van der Waals surface area contributed by atoms with E-state index in [1.165, 1.54) is 0 Å². The van der Waals surface area contributed by atoms with Crippen LogP contribution in [0.2, 0.25) is 0 Å². The van der Waals surface area contributed by atoms with Crippen LogP contribution in [-0.4, -0.2) is 15.6 Å². The number of halogens is 6. The van der Waals surface area contributed by atoms with Crippen molar-refractivity contribution < 1.29 is 36.2 Å². The summed E-state index contributed by atoms with van der Waals surface area (Å²) in [7, 11) is 0. The van der Waals surface area contributed by atoms with E-state index in [1.54, 1.807) is 0 Å². The van der Waals surface area contributed by atoms with Crippen molar-refractivity contribution in [1.29, 1.82) is 0 Å². The smallest absolute Gasteiger partial charge is 0.416 e. The van der Waals surface area contributed by atoms with Crippen molar-refractivity contribution in [3.8, 4) is 0 Å². The van der Waals surface area contributed by atoms with E-state index in [0.717, 1.165) is 35.0 Å². The average Bonchev–Trinajstić information content (AvgIpc) is 2.61. The van der Waals surface area contributed by atoms with E-state index in [1.807, 2.05) is 0 Å². The third-order valence-electron chi connectivity index (χ3n) is 4.06. The summed E-state index contributed by atoms with van der Waals surface area (Å²) in [5.74, 6) is -6.93. The van der Waals surface area contributed by atoms with Crippen molar-refractivity contribution in [3.05, 3.63) is 80.9 Å². The summed E-state index contributed by atoms with van der Waals surface area (Å²) in [6, 6.07) is 4.02. The first kappa shape index (κ1) is 19.5. The highest BCUT2D eigenvalue weighted by Crippen LogP contribution is 2.29. The summed E-state index contributed by atoms with van der Waals surface area (Å²) < 4.78 is 80.2. The lowest BCUT2D eigenvalue weighted by molar-refractivity contribution is -0.137. The molecule has 2 aromatic carbocycles. The van der Waals surface area contributed by atoms with Crippen molar-refractivity contribution >= 4 is 16.9 Å². The number of rotatable bonds is 3. The number of hydrogen-bond acceptors (Lipinski definition) is 2. The molecule has 10 heteroatoms. The molecule has 3 rings (SSSR count). The second-order valence-electron chi connectivity index (χ2n) is 5.88. The molecule has 1 N–H and O–H groups in total. The van der Waals surface area contributed by atoms with Gasteiger partial charge in [-0.05, 0) is 23.8 Å². The zero-order valence-corrected chi connectivity index (χ0v) is 13.6. The van der Waals surface area contributed by atoms with Crippen LogP contribution in [0.4, 0.5) is 26.3 Å². The Morgan fingerprint density at radius 2 is 1.64 bits per heavy atom. The minimum Gasteiger partial charge on any atom is -0.477 e. The van der Waals surface area contributed by atoms with Crippen LogP contribution >= 0.6 is 0 Å². The van der Waals surface area contributed by atoms with Crippen molar-refractivity contribution in [3.63, 3.8) is 0 Å². The molecule has 0 spiro atoms. The molecule has 0 aliphatic carbocycles.